The molecule has 1 aliphatic heterocycles. The molecule has 1 atom stereocenters. The van der Waals surface area contributed by atoms with Gasteiger partial charge >= 0.3 is 12.0 Å². The quantitative estimate of drug-likeness (QED) is 0.686. The molecule has 1 heterocycles. The maximum absolute atomic E-state index is 11.7. The van der Waals surface area contributed by atoms with Crippen LogP contribution in [0.3, 0.4) is 0 Å². The molecule has 0 spiro atoms. The van der Waals surface area contributed by atoms with Crippen LogP contribution in [0.2, 0.25) is 0 Å². The van der Waals surface area contributed by atoms with Crippen molar-refractivity contribution < 1.29 is 14.7 Å². The van der Waals surface area contributed by atoms with E-state index in [1.165, 1.54) is 19.8 Å². The average Bonchev–Trinajstić information content (AvgIpc) is 2.40. The zero-order valence-electron chi connectivity index (χ0n) is 12.7. The number of hydrogen-bond donors (Lipinski definition) is 3. The molecule has 116 valence electrons. The molecule has 2 amide bonds. The molecule has 6 nitrogen and oxygen atoms in total. The van der Waals surface area contributed by atoms with Crippen LogP contribution in [-0.2, 0) is 4.79 Å². The van der Waals surface area contributed by atoms with Gasteiger partial charge in [0, 0.05) is 6.54 Å². The lowest BCUT2D eigenvalue weighted by atomic mass is 9.94. The van der Waals surface area contributed by atoms with Gasteiger partial charge in [-0.3, -0.25) is 0 Å². The zero-order valence-corrected chi connectivity index (χ0v) is 12.7. The fraction of sp³-hybridized carbons (Fsp3) is 0.857. The van der Waals surface area contributed by atoms with Crippen molar-refractivity contribution in [2.24, 2.45) is 5.92 Å². The number of aliphatic carboxylic acids is 1. The van der Waals surface area contributed by atoms with Gasteiger partial charge in [-0.15, -0.1) is 0 Å². The number of nitrogens with one attached hydrogen (secondary N) is 2. The van der Waals surface area contributed by atoms with Crippen LogP contribution in [0.5, 0.6) is 0 Å². The highest BCUT2D eigenvalue weighted by Crippen LogP contribution is 2.18. The Labute approximate surface area is 120 Å². The molecule has 1 unspecified atom stereocenters. The average molecular weight is 285 g/mol. The minimum Gasteiger partial charge on any atom is -0.480 e. The third-order valence-electron chi connectivity index (χ3n) is 4.24. The van der Waals surface area contributed by atoms with Gasteiger partial charge < -0.3 is 20.6 Å². The molecule has 0 aromatic rings. The van der Waals surface area contributed by atoms with Gasteiger partial charge in [0.25, 0.3) is 0 Å². The summed E-state index contributed by atoms with van der Waals surface area (Å²) in [5.74, 6) is -0.353. The molecule has 0 aliphatic carbocycles. The second-order valence-electron chi connectivity index (χ2n) is 5.91. The molecule has 0 radical (unpaired) electrons. The van der Waals surface area contributed by atoms with E-state index in [4.69, 9.17) is 5.11 Å². The minimum atomic E-state index is -1.20. The van der Waals surface area contributed by atoms with Gasteiger partial charge in [0.2, 0.25) is 0 Å². The number of rotatable bonds is 6. The van der Waals surface area contributed by atoms with Crippen LogP contribution in [-0.4, -0.2) is 54.2 Å². The van der Waals surface area contributed by atoms with Gasteiger partial charge in [0.15, 0.2) is 0 Å². The van der Waals surface area contributed by atoms with Crippen LogP contribution < -0.4 is 10.6 Å². The van der Waals surface area contributed by atoms with Gasteiger partial charge in [-0.25, -0.2) is 9.59 Å². The SMILES string of the molecule is CCC(C)(NC(=O)NCCC1CCN(C)CC1)C(=O)O. The van der Waals surface area contributed by atoms with E-state index in [9.17, 15) is 9.59 Å². The van der Waals surface area contributed by atoms with Gasteiger partial charge in [-0.1, -0.05) is 6.92 Å². The third-order valence-corrected chi connectivity index (χ3v) is 4.24. The predicted octanol–water partition coefficient (Wildman–Crippen LogP) is 1.27. The number of amides is 2. The fourth-order valence-corrected chi connectivity index (χ4v) is 2.33. The Bertz CT molecular complexity index is 341. The number of likely N-dealkylation sites (tertiary alicyclic amines) is 1. The van der Waals surface area contributed by atoms with E-state index in [-0.39, 0.29) is 0 Å². The molecular formula is C14H27N3O3. The first-order valence-corrected chi connectivity index (χ1v) is 7.35. The summed E-state index contributed by atoms with van der Waals surface area (Å²) < 4.78 is 0. The van der Waals surface area contributed by atoms with Gasteiger partial charge in [-0.05, 0) is 58.7 Å². The summed E-state index contributed by atoms with van der Waals surface area (Å²) in [6.45, 7) is 6.09. The molecule has 3 N–H and O–H groups in total. The Kier molecular flexibility index (Phi) is 6.26. The van der Waals surface area contributed by atoms with Crippen LogP contribution in [0, 0.1) is 5.92 Å². The first kappa shape index (κ1) is 16.8. The Balaban J connectivity index is 2.25. The highest BCUT2D eigenvalue weighted by atomic mass is 16.4. The monoisotopic (exact) mass is 285 g/mol. The second-order valence-corrected chi connectivity index (χ2v) is 5.91. The van der Waals surface area contributed by atoms with Crippen LogP contribution in [0.1, 0.15) is 39.5 Å². The third kappa shape index (κ3) is 5.00. The molecule has 0 aromatic carbocycles. The van der Waals surface area contributed by atoms with Crippen LogP contribution >= 0.6 is 0 Å². The van der Waals surface area contributed by atoms with E-state index in [1.54, 1.807) is 6.92 Å². The van der Waals surface area contributed by atoms with Crippen molar-refractivity contribution in [2.75, 3.05) is 26.7 Å². The zero-order chi connectivity index (χ0) is 15.2. The standard InChI is InChI=1S/C14H27N3O3/c1-4-14(2,12(18)19)16-13(20)15-8-5-11-6-9-17(3)10-7-11/h11H,4-10H2,1-3H3,(H,18,19)(H2,15,16,20). The van der Waals surface area contributed by atoms with Crippen molar-refractivity contribution >= 4 is 12.0 Å². The number of carbonyl (C=O) groups excluding carboxylic acids is 1. The van der Waals surface area contributed by atoms with Crippen molar-refractivity contribution in [1.82, 2.24) is 15.5 Å². The summed E-state index contributed by atoms with van der Waals surface area (Å²) in [5.41, 5.74) is -1.20. The molecular weight excluding hydrogens is 258 g/mol. The number of urea groups is 1. The van der Waals surface area contributed by atoms with Crippen molar-refractivity contribution in [1.29, 1.82) is 0 Å². The van der Waals surface area contributed by atoms with E-state index in [2.05, 4.69) is 22.6 Å². The Morgan fingerprint density at radius 2 is 1.95 bits per heavy atom. The number of carbonyl (C=O) groups is 2. The second kappa shape index (κ2) is 7.47. The Hall–Kier alpha value is -1.30. The van der Waals surface area contributed by atoms with Crippen molar-refractivity contribution in [2.45, 2.75) is 45.1 Å². The minimum absolute atomic E-state index is 0.352. The maximum Gasteiger partial charge on any atom is 0.329 e. The topological polar surface area (TPSA) is 81.7 Å². The van der Waals surface area contributed by atoms with Gasteiger partial charge in [-0.2, -0.15) is 0 Å². The predicted molar refractivity (Wildman–Crippen MR) is 77.7 cm³/mol. The first-order chi connectivity index (χ1) is 9.37. The molecule has 20 heavy (non-hydrogen) atoms. The highest BCUT2D eigenvalue weighted by molar-refractivity contribution is 5.85. The smallest absolute Gasteiger partial charge is 0.329 e. The van der Waals surface area contributed by atoms with Crippen LogP contribution in [0.15, 0.2) is 0 Å². The number of nitrogens with zero attached hydrogens (tertiary/aromatic N) is 1. The van der Waals surface area contributed by atoms with Crippen LogP contribution in [0.4, 0.5) is 4.79 Å². The van der Waals surface area contributed by atoms with Crippen molar-refractivity contribution in [3.05, 3.63) is 0 Å². The summed E-state index contributed by atoms with van der Waals surface area (Å²) >= 11 is 0. The summed E-state index contributed by atoms with van der Waals surface area (Å²) in [6, 6.07) is -0.398. The number of piperidine rings is 1. The largest absolute Gasteiger partial charge is 0.480 e. The molecule has 1 saturated heterocycles. The molecule has 1 aliphatic rings. The number of carboxylic acid groups (broad SMARTS) is 1. The Morgan fingerprint density at radius 3 is 2.45 bits per heavy atom. The molecule has 1 rings (SSSR count). The van der Waals surface area contributed by atoms with E-state index in [1.807, 2.05) is 0 Å². The molecule has 0 saturated carbocycles. The molecule has 6 heteroatoms. The van der Waals surface area contributed by atoms with Gasteiger partial charge in [0.1, 0.15) is 5.54 Å². The first-order valence-electron chi connectivity index (χ1n) is 7.35. The van der Waals surface area contributed by atoms with E-state index in [0.717, 1.165) is 19.5 Å². The number of hydrogen-bond acceptors (Lipinski definition) is 3. The lowest BCUT2D eigenvalue weighted by Gasteiger charge is -2.29. The van der Waals surface area contributed by atoms with Crippen molar-refractivity contribution in [3.63, 3.8) is 0 Å². The summed E-state index contributed by atoms with van der Waals surface area (Å²) in [4.78, 5) is 25.1. The highest BCUT2D eigenvalue weighted by Gasteiger charge is 2.32. The normalized spacial score (nSPS) is 20.1. The van der Waals surface area contributed by atoms with Gasteiger partial charge in [0.05, 0.1) is 0 Å². The summed E-state index contributed by atoms with van der Waals surface area (Å²) in [7, 11) is 2.12. The lowest BCUT2D eigenvalue weighted by molar-refractivity contribution is -0.143. The maximum atomic E-state index is 11.7. The molecule has 0 bridgehead atoms. The summed E-state index contributed by atoms with van der Waals surface area (Å²) in [5, 5.41) is 14.4. The van der Waals surface area contributed by atoms with E-state index < -0.39 is 17.5 Å². The fourth-order valence-electron chi connectivity index (χ4n) is 2.33. The van der Waals surface area contributed by atoms with E-state index in [0.29, 0.717) is 18.9 Å². The van der Waals surface area contributed by atoms with Crippen LogP contribution in [0.25, 0.3) is 0 Å². The lowest BCUT2D eigenvalue weighted by Crippen LogP contribution is -2.55. The summed E-state index contributed by atoms with van der Waals surface area (Å²) in [6.07, 6.45) is 3.64. The number of carboxylic acids is 1. The van der Waals surface area contributed by atoms with E-state index >= 15 is 0 Å². The molecule has 1 fully saturated rings. The van der Waals surface area contributed by atoms with Crippen molar-refractivity contribution in [3.8, 4) is 0 Å². The Morgan fingerprint density at radius 1 is 1.35 bits per heavy atom. The molecule has 0 aromatic heterocycles.